The third-order valence-electron chi connectivity index (χ3n) is 2.59. The van der Waals surface area contributed by atoms with Gasteiger partial charge in [0.1, 0.15) is 5.82 Å². The number of nitrogens with one attached hydrogen (secondary N) is 2. The highest BCUT2D eigenvalue weighted by Gasteiger charge is 2.11. The van der Waals surface area contributed by atoms with Crippen molar-refractivity contribution >= 4 is 15.9 Å². The van der Waals surface area contributed by atoms with Gasteiger partial charge in [0.2, 0.25) is 0 Å². The second-order valence-electron chi connectivity index (χ2n) is 5.65. The van der Waals surface area contributed by atoms with Gasteiger partial charge in [0.15, 0.2) is 0 Å². The summed E-state index contributed by atoms with van der Waals surface area (Å²) in [5.41, 5.74) is 1.20. The number of halogens is 2. The molecule has 1 rings (SSSR count). The van der Waals surface area contributed by atoms with Crippen LogP contribution in [0.2, 0.25) is 0 Å². The fraction of sp³-hybridized carbons (Fsp3) is 0.571. The Bertz CT molecular complexity index is 388. The Balaban J connectivity index is 2.40. The SMILES string of the molecule is CC(CNC(C)(C)C)NCc1ccc(F)cc1Br. The van der Waals surface area contributed by atoms with Gasteiger partial charge in [-0.05, 0) is 45.4 Å². The molecule has 1 aromatic carbocycles. The topological polar surface area (TPSA) is 24.1 Å². The summed E-state index contributed by atoms with van der Waals surface area (Å²) in [6.07, 6.45) is 0. The first-order chi connectivity index (χ1) is 8.28. The zero-order valence-corrected chi connectivity index (χ0v) is 13.1. The summed E-state index contributed by atoms with van der Waals surface area (Å²) >= 11 is 3.37. The molecule has 18 heavy (non-hydrogen) atoms. The Morgan fingerprint density at radius 3 is 2.56 bits per heavy atom. The standard InChI is InChI=1S/C14H22BrFN2/c1-10(8-18-14(2,3)4)17-9-11-5-6-12(16)7-13(11)15/h5-7,10,17-18H,8-9H2,1-4H3. The lowest BCUT2D eigenvalue weighted by Crippen LogP contribution is -2.44. The fourth-order valence-electron chi connectivity index (χ4n) is 1.48. The summed E-state index contributed by atoms with van der Waals surface area (Å²) < 4.78 is 13.7. The summed E-state index contributed by atoms with van der Waals surface area (Å²) in [4.78, 5) is 0. The van der Waals surface area contributed by atoms with E-state index in [0.29, 0.717) is 6.04 Å². The van der Waals surface area contributed by atoms with Gasteiger partial charge in [-0.25, -0.2) is 4.39 Å². The summed E-state index contributed by atoms with van der Waals surface area (Å²) in [6, 6.07) is 5.15. The molecule has 0 spiro atoms. The van der Waals surface area contributed by atoms with Crippen molar-refractivity contribution < 1.29 is 4.39 Å². The van der Waals surface area contributed by atoms with E-state index in [1.165, 1.54) is 12.1 Å². The Hall–Kier alpha value is -0.450. The minimum absolute atomic E-state index is 0.131. The maximum absolute atomic E-state index is 12.9. The predicted molar refractivity (Wildman–Crippen MR) is 78.2 cm³/mol. The van der Waals surface area contributed by atoms with Gasteiger partial charge < -0.3 is 10.6 Å². The van der Waals surface area contributed by atoms with Crippen LogP contribution in [0.1, 0.15) is 33.3 Å². The van der Waals surface area contributed by atoms with Gasteiger partial charge in [-0.15, -0.1) is 0 Å². The molecule has 1 aromatic rings. The molecule has 0 aliphatic rings. The molecule has 0 heterocycles. The maximum atomic E-state index is 12.9. The Labute approximate surface area is 117 Å². The number of hydrogen-bond donors (Lipinski definition) is 2. The molecule has 102 valence electrons. The molecule has 2 N–H and O–H groups in total. The summed E-state index contributed by atoms with van der Waals surface area (Å²) in [6.45, 7) is 10.2. The molecule has 0 aliphatic carbocycles. The lowest BCUT2D eigenvalue weighted by Gasteiger charge is -2.24. The molecule has 0 amide bonds. The highest BCUT2D eigenvalue weighted by molar-refractivity contribution is 9.10. The molecule has 0 aromatic heterocycles. The van der Waals surface area contributed by atoms with Crippen LogP contribution in [0.3, 0.4) is 0 Å². The van der Waals surface area contributed by atoms with Crippen LogP contribution in [0.5, 0.6) is 0 Å². The van der Waals surface area contributed by atoms with E-state index < -0.39 is 0 Å². The van der Waals surface area contributed by atoms with Crippen LogP contribution in [-0.4, -0.2) is 18.1 Å². The Morgan fingerprint density at radius 2 is 2.00 bits per heavy atom. The smallest absolute Gasteiger partial charge is 0.124 e. The maximum Gasteiger partial charge on any atom is 0.124 e. The number of benzene rings is 1. The minimum atomic E-state index is -0.215. The first kappa shape index (κ1) is 15.6. The molecule has 4 heteroatoms. The van der Waals surface area contributed by atoms with E-state index in [9.17, 15) is 4.39 Å². The third kappa shape index (κ3) is 5.94. The van der Waals surface area contributed by atoms with Crippen molar-refractivity contribution in [1.82, 2.24) is 10.6 Å². The van der Waals surface area contributed by atoms with Crippen LogP contribution in [0.4, 0.5) is 4.39 Å². The lowest BCUT2D eigenvalue weighted by atomic mass is 10.1. The Kier molecular flexibility index (Phi) is 5.76. The van der Waals surface area contributed by atoms with Crippen molar-refractivity contribution in [3.8, 4) is 0 Å². The lowest BCUT2D eigenvalue weighted by molar-refractivity contribution is 0.387. The van der Waals surface area contributed by atoms with Crippen LogP contribution < -0.4 is 10.6 Å². The molecule has 0 saturated carbocycles. The first-order valence-corrected chi connectivity index (χ1v) is 6.99. The monoisotopic (exact) mass is 316 g/mol. The van der Waals surface area contributed by atoms with E-state index >= 15 is 0 Å². The van der Waals surface area contributed by atoms with Crippen molar-refractivity contribution in [1.29, 1.82) is 0 Å². The van der Waals surface area contributed by atoms with Crippen molar-refractivity contribution in [2.75, 3.05) is 6.54 Å². The molecule has 0 bridgehead atoms. The van der Waals surface area contributed by atoms with Crippen LogP contribution >= 0.6 is 15.9 Å². The predicted octanol–water partition coefficient (Wildman–Crippen LogP) is 3.45. The fourth-order valence-corrected chi connectivity index (χ4v) is 1.97. The van der Waals surface area contributed by atoms with Crippen molar-refractivity contribution in [3.05, 3.63) is 34.1 Å². The van der Waals surface area contributed by atoms with Gasteiger partial charge in [0, 0.05) is 29.1 Å². The average molecular weight is 317 g/mol. The van der Waals surface area contributed by atoms with Gasteiger partial charge in [-0.2, -0.15) is 0 Å². The highest BCUT2D eigenvalue weighted by atomic mass is 79.9. The van der Waals surface area contributed by atoms with Crippen LogP contribution in [-0.2, 0) is 6.54 Å². The van der Waals surface area contributed by atoms with E-state index in [0.717, 1.165) is 23.1 Å². The van der Waals surface area contributed by atoms with Gasteiger partial charge >= 0.3 is 0 Å². The van der Waals surface area contributed by atoms with Gasteiger partial charge in [-0.3, -0.25) is 0 Å². The zero-order valence-electron chi connectivity index (χ0n) is 11.5. The van der Waals surface area contributed by atoms with Crippen LogP contribution in [0.25, 0.3) is 0 Å². The van der Waals surface area contributed by atoms with E-state index in [2.05, 4.69) is 54.3 Å². The Morgan fingerprint density at radius 1 is 1.33 bits per heavy atom. The second-order valence-corrected chi connectivity index (χ2v) is 6.50. The summed E-state index contributed by atoms with van der Waals surface area (Å²) in [5, 5.41) is 6.86. The molecule has 1 unspecified atom stereocenters. The molecular weight excluding hydrogens is 295 g/mol. The molecular formula is C14H22BrFN2. The highest BCUT2D eigenvalue weighted by Crippen LogP contribution is 2.17. The van der Waals surface area contributed by atoms with E-state index in [-0.39, 0.29) is 11.4 Å². The zero-order chi connectivity index (χ0) is 13.8. The van der Waals surface area contributed by atoms with E-state index in [1.54, 1.807) is 6.07 Å². The molecule has 0 aliphatic heterocycles. The van der Waals surface area contributed by atoms with Gasteiger partial charge in [0.25, 0.3) is 0 Å². The largest absolute Gasteiger partial charge is 0.311 e. The van der Waals surface area contributed by atoms with Crippen LogP contribution in [0, 0.1) is 5.82 Å². The molecule has 0 radical (unpaired) electrons. The third-order valence-corrected chi connectivity index (χ3v) is 3.33. The van der Waals surface area contributed by atoms with E-state index in [4.69, 9.17) is 0 Å². The first-order valence-electron chi connectivity index (χ1n) is 6.20. The molecule has 1 atom stereocenters. The molecule has 2 nitrogen and oxygen atoms in total. The van der Waals surface area contributed by atoms with Crippen molar-refractivity contribution in [2.24, 2.45) is 0 Å². The second kappa shape index (κ2) is 6.64. The number of hydrogen-bond acceptors (Lipinski definition) is 2. The molecule has 0 saturated heterocycles. The average Bonchev–Trinajstić information content (AvgIpc) is 2.24. The minimum Gasteiger partial charge on any atom is -0.311 e. The summed E-state index contributed by atoms with van der Waals surface area (Å²) in [7, 11) is 0. The quantitative estimate of drug-likeness (QED) is 0.869. The van der Waals surface area contributed by atoms with Crippen molar-refractivity contribution in [3.63, 3.8) is 0 Å². The van der Waals surface area contributed by atoms with Gasteiger partial charge in [-0.1, -0.05) is 22.0 Å². The van der Waals surface area contributed by atoms with Crippen LogP contribution in [0.15, 0.2) is 22.7 Å². The van der Waals surface area contributed by atoms with Crippen molar-refractivity contribution in [2.45, 2.75) is 45.8 Å². The van der Waals surface area contributed by atoms with E-state index in [1.807, 2.05) is 0 Å². The summed E-state index contributed by atoms with van der Waals surface area (Å²) in [5.74, 6) is -0.215. The molecule has 0 fully saturated rings. The normalized spacial score (nSPS) is 13.7. The number of rotatable bonds is 5. The van der Waals surface area contributed by atoms with Gasteiger partial charge in [0.05, 0.1) is 0 Å².